The van der Waals surface area contributed by atoms with E-state index in [0.29, 0.717) is 19.6 Å². The Kier molecular flexibility index (Phi) is 5.14. The van der Waals surface area contributed by atoms with Crippen molar-refractivity contribution in [1.82, 2.24) is 9.80 Å². The number of amides is 1. The zero-order valence-electron chi connectivity index (χ0n) is 12.4. The number of halogens is 3. The maximum atomic E-state index is 12.7. The first kappa shape index (κ1) is 16.5. The van der Waals surface area contributed by atoms with E-state index in [4.69, 9.17) is 5.73 Å². The number of carbonyl (C=O) groups excluding carboxylic acids is 1. The van der Waals surface area contributed by atoms with Gasteiger partial charge in [-0.2, -0.15) is 13.2 Å². The second kappa shape index (κ2) is 6.52. The summed E-state index contributed by atoms with van der Waals surface area (Å²) < 4.78 is 38.1. The normalized spacial score (nSPS) is 29.7. The lowest BCUT2D eigenvalue weighted by Crippen LogP contribution is -2.55. The van der Waals surface area contributed by atoms with Crippen molar-refractivity contribution in [2.24, 2.45) is 17.6 Å². The van der Waals surface area contributed by atoms with Gasteiger partial charge in [-0.05, 0) is 32.2 Å². The number of rotatable bonds is 3. The van der Waals surface area contributed by atoms with Gasteiger partial charge in [0.2, 0.25) is 5.91 Å². The fraction of sp³-hybridized carbons (Fsp3) is 0.929. The highest BCUT2D eigenvalue weighted by Crippen LogP contribution is 2.33. The summed E-state index contributed by atoms with van der Waals surface area (Å²) in [5.74, 6) is 0.300. The maximum Gasteiger partial charge on any atom is 0.403 e. The van der Waals surface area contributed by atoms with Crippen molar-refractivity contribution in [3.8, 4) is 0 Å². The van der Waals surface area contributed by atoms with Gasteiger partial charge in [0.15, 0.2) is 0 Å². The van der Waals surface area contributed by atoms with Crippen LogP contribution < -0.4 is 5.73 Å². The van der Waals surface area contributed by atoms with Crippen LogP contribution in [-0.2, 0) is 4.79 Å². The first-order valence-electron chi connectivity index (χ1n) is 7.64. The molecule has 4 nitrogen and oxygen atoms in total. The lowest BCUT2D eigenvalue weighted by Gasteiger charge is -2.39. The molecule has 2 fully saturated rings. The van der Waals surface area contributed by atoms with Gasteiger partial charge in [0.25, 0.3) is 0 Å². The van der Waals surface area contributed by atoms with Crippen LogP contribution in [0.1, 0.15) is 26.2 Å². The van der Waals surface area contributed by atoms with Gasteiger partial charge < -0.3 is 10.6 Å². The van der Waals surface area contributed by atoms with Gasteiger partial charge in [0.05, 0.1) is 0 Å². The van der Waals surface area contributed by atoms with Crippen LogP contribution in [0.4, 0.5) is 13.2 Å². The number of alkyl halides is 3. The first-order valence-corrected chi connectivity index (χ1v) is 7.64. The van der Waals surface area contributed by atoms with Crippen molar-refractivity contribution in [2.75, 3.05) is 32.7 Å². The summed E-state index contributed by atoms with van der Waals surface area (Å²) in [4.78, 5) is 15.6. The molecular weight excluding hydrogens is 283 g/mol. The molecule has 0 aromatic carbocycles. The molecule has 2 aliphatic rings. The van der Waals surface area contributed by atoms with Crippen molar-refractivity contribution in [2.45, 2.75) is 38.4 Å². The van der Waals surface area contributed by atoms with Crippen LogP contribution in [0.5, 0.6) is 0 Å². The van der Waals surface area contributed by atoms with E-state index in [1.165, 1.54) is 11.8 Å². The van der Waals surface area contributed by atoms with Gasteiger partial charge >= 0.3 is 6.18 Å². The minimum atomic E-state index is -4.21. The average molecular weight is 307 g/mol. The molecule has 0 bridgehead atoms. The second-order valence-electron chi connectivity index (χ2n) is 6.11. The van der Waals surface area contributed by atoms with E-state index in [1.807, 2.05) is 0 Å². The molecule has 2 rings (SSSR count). The van der Waals surface area contributed by atoms with Crippen LogP contribution in [0.15, 0.2) is 0 Å². The number of hydrogen-bond acceptors (Lipinski definition) is 3. The second-order valence-corrected chi connectivity index (χ2v) is 6.11. The molecule has 0 aromatic heterocycles. The zero-order chi connectivity index (χ0) is 15.6. The van der Waals surface area contributed by atoms with Crippen LogP contribution in [0.2, 0.25) is 0 Å². The number of carbonyl (C=O) groups is 1. The van der Waals surface area contributed by atoms with E-state index in [9.17, 15) is 18.0 Å². The molecule has 1 heterocycles. The largest absolute Gasteiger partial charge is 0.403 e. The summed E-state index contributed by atoms with van der Waals surface area (Å²) in [6.45, 7) is 3.03. The molecule has 0 aromatic rings. The highest BCUT2D eigenvalue weighted by atomic mass is 19.4. The van der Waals surface area contributed by atoms with E-state index in [0.717, 1.165) is 19.3 Å². The zero-order valence-corrected chi connectivity index (χ0v) is 12.4. The molecular formula is C14H24F3N3O. The number of piperazine rings is 1. The summed E-state index contributed by atoms with van der Waals surface area (Å²) in [5, 5.41) is 0. The Morgan fingerprint density at radius 3 is 2.38 bits per heavy atom. The maximum absolute atomic E-state index is 12.7. The molecule has 1 aliphatic heterocycles. The third-order valence-corrected chi connectivity index (χ3v) is 4.93. The van der Waals surface area contributed by atoms with Gasteiger partial charge in [-0.25, -0.2) is 0 Å². The van der Waals surface area contributed by atoms with Crippen LogP contribution in [-0.4, -0.2) is 60.6 Å². The molecule has 0 spiro atoms. The summed E-state index contributed by atoms with van der Waals surface area (Å²) in [6.07, 6.45) is -1.34. The fourth-order valence-corrected chi connectivity index (χ4v) is 3.42. The Morgan fingerprint density at radius 2 is 1.86 bits per heavy atom. The molecule has 1 aliphatic carbocycles. The van der Waals surface area contributed by atoms with Gasteiger partial charge in [0, 0.05) is 32.1 Å². The van der Waals surface area contributed by atoms with E-state index in [1.54, 1.807) is 4.90 Å². The molecule has 1 unspecified atom stereocenters. The summed E-state index contributed by atoms with van der Waals surface area (Å²) in [5.41, 5.74) is 5.70. The lowest BCUT2D eigenvalue weighted by atomic mass is 9.94. The topological polar surface area (TPSA) is 49.6 Å². The third-order valence-electron chi connectivity index (χ3n) is 4.93. The minimum Gasteiger partial charge on any atom is -0.340 e. The van der Waals surface area contributed by atoms with Gasteiger partial charge in [-0.15, -0.1) is 0 Å². The first-order chi connectivity index (χ1) is 9.84. The van der Waals surface area contributed by atoms with E-state index >= 15 is 0 Å². The van der Waals surface area contributed by atoms with Crippen LogP contribution >= 0.6 is 0 Å². The Hall–Kier alpha value is -0.820. The quantitative estimate of drug-likeness (QED) is 0.859. The van der Waals surface area contributed by atoms with Crippen molar-refractivity contribution >= 4 is 5.91 Å². The van der Waals surface area contributed by atoms with Crippen molar-refractivity contribution in [3.05, 3.63) is 0 Å². The van der Waals surface area contributed by atoms with Gasteiger partial charge in [-0.3, -0.25) is 9.69 Å². The molecule has 0 radical (unpaired) electrons. The van der Waals surface area contributed by atoms with Gasteiger partial charge in [-0.1, -0.05) is 6.42 Å². The predicted molar refractivity (Wildman–Crippen MR) is 73.6 cm³/mol. The predicted octanol–water partition coefficient (Wildman–Crippen LogP) is 1.46. The molecule has 7 heteroatoms. The Labute approximate surface area is 123 Å². The van der Waals surface area contributed by atoms with Crippen LogP contribution in [0.25, 0.3) is 0 Å². The summed E-state index contributed by atoms with van der Waals surface area (Å²) in [7, 11) is 0. The average Bonchev–Trinajstić information content (AvgIpc) is 2.93. The molecule has 122 valence electrons. The highest BCUT2D eigenvalue weighted by molar-refractivity contribution is 5.79. The molecule has 3 atom stereocenters. The van der Waals surface area contributed by atoms with E-state index < -0.39 is 12.2 Å². The van der Waals surface area contributed by atoms with Crippen molar-refractivity contribution in [3.63, 3.8) is 0 Å². The van der Waals surface area contributed by atoms with Crippen molar-refractivity contribution < 1.29 is 18.0 Å². The third kappa shape index (κ3) is 3.69. The van der Waals surface area contributed by atoms with Crippen LogP contribution in [0, 0.1) is 11.8 Å². The van der Waals surface area contributed by atoms with Gasteiger partial charge in [0.1, 0.15) is 6.04 Å². The Bertz CT molecular complexity index is 367. The molecule has 21 heavy (non-hydrogen) atoms. The van der Waals surface area contributed by atoms with E-state index in [2.05, 4.69) is 0 Å². The molecule has 2 N–H and O–H groups in total. The summed E-state index contributed by atoms with van der Waals surface area (Å²) in [6, 6.07) is -1.45. The Balaban J connectivity index is 1.88. The standard InChI is InChI=1S/C14H24F3N3O/c1-10(14(15,16)17)19-5-7-20(8-6-19)13(21)12-4-2-3-11(12)9-18/h10-12H,2-9,18H2,1H3/t10?,11-,12-/m1/s1. The fourth-order valence-electron chi connectivity index (χ4n) is 3.42. The van der Waals surface area contributed by atoms with E-state index in [-0.39, 0.29) is 30.8 Å². The molecule has 1 amide bonds. The Morgan fingerprint density at radius 1 is 1.24 bits per heavy atom. The number of nitrogens with zero attached hydrogens (tertiary/aromatic N) is 2. The molecule has 1 saturated heterocycles. The number of hydrogen-bond donors (Lipinski definition) is 1. The smallest absolute Gasteiger partial charge is 0.340 e. The lowest BCUT2D eigenvalue weighted by molar-refractivity contribution is -0.183. The van der Waals surface area contributed by atoms with Crippen LogP contribution in [0.3, 0.4) is 0 Å². The SMILES string of the molecule is CC(N1CCN(C(=O)[C@@H]2CCC[C@@H]2CN)CC1)C(F)(F)F. The number of nitrogens with two attached hydrogens (primary N) is 1. The van der Waals surface area contributed by atoms with Crippen molar-refractivity contribution in [1.29, 1.82) is 0 Å². The summed E-state index contributed by atoms with van der Waals surface area (Å²) >= 11 is 0. The monoisotopic (exact) mass is 307 g/mol. The minimum absolute atomic E-state index is 0.0263. The highest BCUT2D eigenvalue weighted by Gasteiger charge is 2.42. The molecule has 1 saturated carbocycles.